The molecule has 0 unspecified atom stereocenters. The van der Waals surface area contributed by atoms with E-state index in [4.69, 9.17) is 28.4 Å². The summed E-state index contributed by atoms with van der Waals surface area (Å²) in [4.78, 5) is 48.0. The Morgan fingerprint density at radius 2 is 0.852 bits per heavy atom. The second kappa shape index (κ2) is 23.2. The molecule has 0 aliphatic carbocycles. The Morgan fingerprint density at radius 3 is 1.24 bits per heavy atom. The lowest BCUT2D eigenvalue weighted by atomic mass is 10.1. The number of carbonyl (C=O) groups is 4. The van der Waals surface area contributed by atoms with Gasteiger partial charge in [0.15, 0.2) is 11.6 Å². The summed E-state index contributed by atoms with van der Waals surface area (Å²) in [6.45, 7) is 12.0. The molecule has 0 heterocycles. The van der Waals surface area contributed by atoms with Crippen LogP contribution in [-0.2, 0) is 19.1 Å². The van der Waals surface area contributed by atoms with Gasteiger partial charge in [0.1, 0.15) is 17.2 Å². The molecule has 3 aromatic carbocycles. The fourth-order valence-electron chi connectivity index (χ4n) is 4.81. The summed E-state index contributed by atoms with van der Waals surface area (Å²) in [7, 11) is 0. The molecule has 0 aliphatic heterocycles. The minimum atomic E-state index is -1.23. The van der Waals surface area contributed by atoms with Gasteiger partial charge in [-0.2, -0.15) is 0 Å². The normalized spacial score (nSPS) is 10.6. The first-order valence-electron chi connectivity index (χ1n) is 18.0. The van der Waals surface area contributed by atoms with Gasteiger partial charge in [-0.1, -0.05) is 51.7 Å². The Bertz CT molecular complexity index is 1690. The van der Waals surface area contributed by atoms with Crippen molar-refractivity contribution >= 4 is 23.9 Å². The Morgan fingerprint density at radius 1 is 0.500 bits per heavy atom. The van der Waals surface area contributed by atoms with Crippen LogP contribution in [0.5, 0.6) is 23.0 Å². The fourth-order valence-corrected chi connectivity index (χ4v) is 4.81. The number of carbonyl (C=O) groups excluding carboxylic acids is 4. The summed E-state index contributed by atoms with van der Waals surface area (Å²) in [5.74, 6) is -5.32. The third-order valence-electron chi connectivity index (χ3n) is 7.84. The van der Waals surface area contributed by atoms with E-state index in [1.54, 1.807) is 38.1 Å². The van der Waals surface area contributed by atoms with Gasteiger partial charge in [-0.05, 0) is 88.1 Å². The van der Waals surface area contributed by atoms with Crippen LogP contribution in [0.15, 0.2) is 85.0 Å². The highest BCUT2D eigenvalue weighted by Crippen LogP contribution is 2.29. The van der Waals surface area contributed by atoms with Crippen molar-refractivity contribution in [3.05, 3.63) is 108 Å². The second-order valence-electron chi connectivity index (χ2n) is 12.6. The lowest BCUT2D eigenvalue weighted by molar-refractivity contribution is -0.139. The van der Waals surface area contributed by atoms with E-state index in [1.807, 2.05) is 0 Å². The molecule has 290 valence electrons. The standard InChI is InChI=1S/C42H48F2O10/c1-29(2)39(45)51-25-13-9-5-7-11-23-49-33-19-15-31(16-20-33)41(47)53-35-27-36(43)38(37(44)28-35)54-42(48)32-17-21-34(22-18-32)50-24-12-8-6-10-14-26-52-40(46)30(3)4/h15-22,27-28H,1,3,5-14,23-26H2,2,4H3. The third-order valence-corrected chi connectivity index (χ3v) is 7.84. The summed E-state index contributed by atoms with van der Waals surface area (Å²) in [5.41, 5.74) is 0.949. The van der Waals surface area contributed by atoms with Crippen LogP contribution in [0, 0.1) is 11.6 Å². The van der Waals surface area contributed by atoms with E-state index in [2.05, 4.69) is 13.2 Å². The smallest absolute Gasteiger partial charge is 0.343 e. The molecule has 3 aromatic rings. The van der Waals surface area contributed by atoms with E-state index in [9.17, 15) is 28.0 Å². The zero-order valence-corrected chi connectivity index (χ0v) is 30.9. The molecule has 0 bridgehead atoms. The third kappa shape index (κ3) is 15.6. The van der Waals surface area contributed by atoms with Crippen LogP contribution in [0.2, 0.25) is 0 Å². The molecule has 54 heavy (non-hydrogen) atoms. The lowest BCUT2D eigenvalue weighted by Crippen LogP contribution is -2.12. The molecule has 0 atom stereocenters. The zero-order valence-electron chi connectivity index (χ0n) is 30.9. The van der Waals surface area contributed by atoms with E-state index in [0.29, 0.717) is 49.1 Å². The minimum absolute atomic E-state index is 0.0483. The van der Waals surface area contributed by atoms with Gasteiger partial charge in [0.2, 0.25) is 5.75 Å². The van der Waals surface area contributed by atoms with Gasteiger partial charge in [0, 0.05) is 23.3 Å². The molecule has 0 amide bonds. The van der Waals surface area contributed by atoms with Crippen molar-refractivity contribution < 1.29 is 56.4 Å². The lowest BCUT2D eigenvalue weighted by Gasteiger charge is -2.11. The predicted octanol–water partition coefficient (Wildman–Crippen LogP) is 9.30. The van der Waals surface area contributed by atoms with Crippen molar-refractivity contribution in [2.24, 2.45) is 0 Å². The van der Waals surface area contributed by atoms with Crippen molar-refractivity contribution in [1.29, 1.82) is 0 Å². The van der Waals surface area contributed by atoms with Gasteiger partial charge in [-0.3, -0.25) is 0 Å². The van der Waals surface area contributed by atoms with Crippen molar-refractivity contribution in [3.63, 3.8) is 0 Å². The Hall–Kier alpha value is -5.52. The molecule has 10 nitrogen and oxygen atoms in total. The first-order valence-corrected chi connectivity index (χ1v) is 18.0. The minimum Gasteiger partial charge on any atom is -0.494 e. The number of ether oxygens (including phenoxy) is 6. The maximum atomic E-state index is 14.8. The molecule has 0 fully saturated rings. The van der Waals surface area contributed by atoms with Gasteiger partial charge in [-0.15, -0.1) is 0 Å². The van der Waals surface area contributed by atoms with Crippen LogP contribution in [-0.4, -0.2) is 50.3 Å². The highest BCUT2D eigenvalue weighted by Gasteiger charge is 2.20. The van der Waals surface area contributed by atoms with Crippen molar-refractivity contribution in [3.8, 4) is 23.0 Å². The monoisotopic (exact) mass is 750 g/mol. The number of halogens is 2. The number of unbranched alkanes of at least 4 members (excludes halogenated alkanes) is 8. The van der Waals surface area contributed by atoms with Gasteiger partial charge in [-0.25, -0.2) is 28.0 Å². The molecule has 0 radical (unpaired) electrons. The number of hydrogen-bond acceptors (Lipinski definition) is 10. The first kappa shape index (κ1) is 42.9. The van der Waals surface area contributed by atoms with Crippen LogP contribution >= 0.6 is 0 Å². The number of benzene rings is 3. The average Bonchev–Trinajstić information content (AvgIpc) is 3.15. The van der Waals surface area contributed by atoms with Crippen LogP contribution in [0.4, 0.5) is 8.78 Å². The average molecular weight is 751 g/mol. The van der Waals surface area contributed by atoms with E-state index in [1.165, 1.54) is 24.3 Å². The summed E-state index contributed by atoms with van der Waals surface area (Å²) >= 11 is 0. The fraction of sp³-hybridized carbons (Fsp3) is 0.381. The molecule has 0 aliphatic rings. The maximum Gasteiger partial charge on any atom is 0.343 e. The van der Waals surface area contributed by atoms with Crippen LogP contribution < -0.4 is 18.9 Å². The maximum absolute atomic E-state index is 14.8. The van der Waals surface area contributed by atoms with Crippen LogP contribution in [0.25, 0.3) is 0 Å². The number of esters is 4. The molecule has 0 saturated heterocycles. The van der Waals surface area contributed by atoms with Gasteiger partial charge in [0.25, 0.3) is 0 Å². The van der Waals surface area contributed by atoms with E-state index in [-0.39, 0.29) is 23.1 Å². The molecule has 0 spiro atoms. The summed E-state index contributed by atoms with van der Waals surface area (Å²) in [6, 6.07) is 13.6. The SMILES string of the molecule is C=C(C)C(=O)OCCCCCCCOc1ccc(C(=O)Oc2cc(F)c(OC(=O)c3ccc(OCCCCCCCOC(=O)C(=C)C)cc3)c(F)c2)cc1. The first-order chi connectivity index (χ1) is 25.9. The van der Waals surface area contributed by atoms with Crippen molar-refractivity contribution in [2.45, 2.75) is 78.1 Å². The molecular formula is C42H48F2O10. The zero-order chi connectivity index (χ0) is 39.3. The van der Waals surface area contributed by atoms with Gasteiger partial charge < -0.3 is 28.4 Å². The summed E-state index contributed by atoms with van der Waals surface area (Å²) < 4.78 is 61.3. The highest BCUT2D eigenvalue weighted by molar-refractivity contribution is 5.92. The molecule has 0 N–H and O–H groups in total. The van der Waals surface area contributed by atoms with Gasteiger partial charge in [0.05, 0.1) is 37.6 Å². The predicted molar refractivity (Wildman–Crippen MR) is 198 cm³/mol. The molecule has 0 saturated carbocycles. The van der Waals surface area contributed by atoms with E-state index >= 15 is 0 Å². The van der Waals surface area contributed by atoms with E-state index < -0.39 is 35.1 Å². The van der Waals surface area contributed by atoms with E-state index in [0.717, 1.165) is 76.3 Å². The Labute approximate surface area is 315 Å². The second-order valence-corrected chi connectivity index (χ2v) is 12.6. The summed E-state index contributed by atoms with van der Waals surface area (Å²) in [5, 5.41) is 0. The van der Waals surface area contributed by atoms with Crippen molar-refractivity contribution in [1.82, 2.24) is 0 Å². The van der Waals surface area contributed by atoms with Crippen LogP contribution in [0.1, 0.15) is 98.8 Å². The molecule has 0 aromatic heterocycles. The van der Waals surface area contributed by atoms with Crippen molar-refractivity contribution in [2.75, 3.05) is 26.4 Å². The quantitative estimate of drug-likeness (QED) is 0.0379. The number of rotatable bonds is 24. The van der Waals surface area contributed by atoms with Gasteiger partial charge >= 0.3 is 23.9 Å². The topological polar surface area (TPSA) is 124 Å². The summed E-state index contributed by atoms with van der Waals surface area (Å²) in [6.07, 6.45) is 8.84. The largest absolute Gasteiger partial charge is 0.494 e. The molecular weight excluding hydrogens is 702 g/mol. The number of hydrogen-bond donors (Lipinski definition) is 0. The highest BCUT2D eigenvalue weighted by atomic mass is 19.1. The Balaban J connectivity index is 1.35. The molecule has 12 heteroatoms. The van der Waals surface area contributed by atoms with Crippen LogP contribution in [0.3, 0.4) is 0 Å². The Kier molecular flexibility index (Phi) is 18.4. The molecule has 3 rings (SSSR count).